The molecule has 27 heavy (non-hydrogen) atoms. The van der Waals surface area contributed by atoms with Crippen molar-refractivity contribution in [1.82, 2.24) is 4.31 Å². The number of ether oxygens (including phenoxy) is 1. The van der Waals surface area contributed by atoms with Gasteiger partial charge in [0.2, 0.25) is 10.0 Å². The van der Waals surface area contributed by atoms with E-state index in [9.17, 15) is 17.6 Å². The van der Waals surface area contributed by atoms with E-state index in [1.165, 1.54) is 41.7 Å². The average Bonchev–Trinajstić information content (AvgIpc) is 2.67. The number of sulfonamides is 1. The van der Waals surface area contributed by atoms with Gasteiger partial charge in [-0.05, 0) is 67.8 Å². The fourth-order valence-electron chi connectivity index (χ4n) is 3.40. The summed E-state index contributed by atoms with van der Waals surface area (Å²) in [5.41, 5.74) is 1.00. The third-order valence-corrected chi connectivity index (χ3v) is 6.91. The Hall–Kier alpha value is -2.25. The molecule has 5 nitrogen and oxygen atoms in total. The number of benzene rings is 2. The van der Waals surface area contributed by atoms with E-state index in [-0.39, 0.29) is 17.2 Å². The lowest BCUT2D eigenvalue weighted by atomic mass is 9.91. The topological polar surface area (TPSA) is 63.7 Å². The van der Waals surface area contributed by atoms with E-state index in [1.807, 2.05) is 0 Å². The average molecular weight is 391 g/mol. The van der Waals surface area contributed by atoms with Crippen molar-refractivity contribution in [3.05, 3.63) is 59.4 Å². The summed E-state index contributed by atoms with van der Waals surface area (Å²) < 4.78 is 45.8. The van der Waals surface area contributed by atoms with Crippen LogP contribution in [0.5, 0.6) is 5.75 Å². The van der Waals surface area contributed by atoms with Crippen LogP contribution in [-0.2, 0) is 10.0 Å². The van der Waals surface area contributed by atoms with Crippen molar-refractivity contribution in [2.24, 2.45) is 5.92 Å². The molecule has 1 fully saturated rings. The minimum Gasteiger partial charge on any atom is -0.497 e. The molecule has 0 amide bonds. The summed E-state index contributed by atoms with van der Waals surface area (Å²) in [5.74, 6) is -0.400. The highest BCUT2D eigenvalue weighted by atomic mass is 32.2. The Labute approximate surface area is 158 Å². The summed E-state index contributed by atoms with van der Waals surface area (Å²) >= 11 is 0. The van der Waals surface area contributed by atoms with Gasteiger partial charge in [-0.1, -0.05) is 0 Å². The maximum Gasteiger partial charge on any atom is 0.243 e. The summed E-state index contributed by atoms with van der Waals surface area (Å²) in [6.07, 6.45) is 1.22. The van der Waals surface area contributed by atoms with Gasteiger partial charge in [0.05, 0.1) is 12.0 Å². The summed E-state index contributed by atoms with van der Waals surface area (Å²) in [6.45, 7) is 2.23. The van der Waals surface area contributed by atoms with Crippen molar-refractivity contribution >= 4 is 15.8 Å². The van der Waals surface area contributed by atoms with Gasteiger partial charge in [-0.3, -0.25) is 4.79 Å². The number of aryl methyl sites for hydroxylation is 1. The highest BCUT2D eigenvalue weighted by molar-refractivity contribution is 7.89. The van der Waals surface area contributed by atoms with Crippen molar-refractivity contribution in [2.45, 2.75) is 24.7 Å². The summed E-state index contributed by atoms with van der Waals surface area (Å²) in [7, 11) is -2.18. The van der Waals surface area contributed by atoms with Crippen LogP contribution < -0.4 is 4.74 Å². The van der Waals surface area contributed by atoms with Crippen molar-refractivity contribution in [3.8, 4) is 5.75 Å². The number of carbonyl (C=O) groups excluding carboxylic acids is 1. The van der Waals surface area contributed by atoms with Crippen LogP contribution in [0.25, 0.3) is 0 Å². The standard InChI is InChI=1S/C20H22FNO4S/c1-14-12-18(26-2)9-10-19(14)27(24,25)22-11-3-4-16(13-22)20(23)15-5-7-17(21)8-6-15/h5-10,12,16H,3-4,11,13H2,1-2H3. The van der Waals surface area contributed by atoms with Gasteiger partial charge in [0.25, 0.3) is 0 Å². The number of rotatable bonds is 5. The van der Waals surface area contributed by atoms with E-state index in [0.717, 1.165) is 0 Å². The Bertz CT molecular complexity index is 941. The van der Waals surface area contributed by atoms with Gasteiger partial charge in [-0.15, -0.1) is 0 Å². The number of nitrogens with zero attached hydrogens (tertiary/aromatic N) is 1. The maximum atomic E-state index is 13.1. The van der Waals surface area contributed by atoms with Gasteiger partial charge in [0.1, 0.15) is 11.6 Å². The first-order valence-electron chi connectivity index (χ1n) is 8.77. The molecule has 1 aliphatic heterocycles. The molecule has 0 aliphatic carbocycles. The lowest BCUT2D eigenvalue weighted by Crippen LogP contribution is -2.42. The molecule has 0 N–H and O–H groups in total. The predicted octanol–water partition coefficient (Wildman–Crippen LogP) is 3.43. The number of piperidine rings is 1. The highest BCUT2D eigenvalue weighted by Gasteiger charge is 2.34. The number of halogens is 1. The van der Waals surface area contributed by atoms with Gasteiger partial charge in [0, 0.05) is 24.6 Å². The Balaban J connectivity index is 1.82. The van der Waals surface area contributed by atoms with Gasteiger partial charge in [0.15, 0.2) is 5.78 Å². The first-order chi connectivity index (χ1) is 12.8. The first kappa shape index (κ1) is 19.5. The molecule has 2 aromatic rings. The first-order valence-corrected chi connectivity index (χ1v) is 10.2. The zero-order chi connectivity index (χ0) is 19.6. The third-order valence-electron chi connectivity index (χ3n) is 4.88. The van der Waals surface area contributed by atoms with Crippen LogP contribution in [0.15, 0.2) is 47.4 Å². The van der Waals surface area contributed by atoms with Crippen molar-refractivity contribution in [2.75, 3.05) is 20.2 Å². The van der Waals surface area contributed by atoms with Gasteiger partial charge < -0.3 is 4.74 Å². The molecule has 1 heterocycles. The molecular formula is C20H22FNO4S. The monoisotopic (exact) mass is 391 g/mol. The minimum atomic E-state index is -3.71. The van der Waals surface area contributed by atoms with Crippen LogP contribution in [-0.4, -0.2) is 38.7 Å². The molecule has 1 aliphatic rings. The molecule has 0 spiro atoms. The Morgan fingerprint density at radius 1 is 1.19 bits per heavy atom. The largest absolute Gasteiger partial charge is 0.497 e. The molecular weight excluding hydrogens is 369 g/mol. The predicted molar refractivity (Wildman–Crippen MR) is 99.9 cm³/mol. The smallest absolute Gasteiger partial charge is 0.243 e. The Morgan fingerprint density at radius 3 is 2.52 bits per heavy atom. The molecule has 0 aromatic heterocycles. The summed E-state index contributed by atoms with van der Waals surface area (Å²) in [5, 5.41) is 0. The second-order valence-electron chi connectivity index (χ2n) is 6.70. The Morgan fingerprint density at radius 2 is 1.89 bits per heavy atom. The van der Waals surface area contributed by atoms with Gasteiger partial charge in [-0.2, -0.15) is 4.31 Å². The molecule has 1 unspecified atom stereocenters. The third kappa shape index (κ3) is 4.04. The fraction of sp³-hybridized carbons (Fsp3) is 0.350. The second-order valence-corrected chi connectivity index (χ2v) is 8.61. The maximum absolute atomic E-state index is 13.1. The summed E-state index contributed by atoms with van der Waals surface area (Å²) in [4.78, 5) is 12.9. The molecule has 0 radical (unpaired) electrons. The number of hydrogen-bond acceptors (Lipinski definition) is 4. The van der Waals surface area contributed by atoms with Crippen molar-refractivity contribution in [1.29, 1.82) is 0 Å². The molecule has 0 bridgehead atoms. The fourth-order valence-corrected chi connectivity index (χ4v) is 5.13. The van der Waals surface area contributed by atoms with Crippen LogP contribution in [0, 0.1) is 18.7 Å². The van der Waals surface area contributed by atoms with Crippen LogP contribution in [0.4, 0.5) is 4.39 Å². The van der Waals surface area contributed by atoms with Crippen molar-refractivity contribution in [3.63, 3.8) is 0 Å². The second kappa shape index (κ2) is 7.78. The van der Waals surface area contributed by atoms with E-state index < -0.39 is 21.8 Å². The quantitative estimate of drug-likeness (QED) is 0.733. The van der Waals surface area contributed by atoms with Gasteiger partial charge >= 0.3 is 0 Å². The van der Waals surface area contributed by atoms with Gasteiger partial charge in [-0.25, -0.2) is 12.8 Å². The van der Waals surface area contributed by atoms with E-state index in [0.29, 0.717) is 36.3 Å². The zero-order valence-electron chi connectivity index (χ0n) is 15.3. The lowest BCUT2D eigenvalue weighted by molar-refractivity contribution is 0.0872. The molecule has 144 valence electrons. The van der Waals surface area contributed by atoms with E-state index >= 15 is 0 Å². The van der Waals surface area contributed by atoms with Crippen LogP contribution in [0.3, 0.4) is 0 Å². The normalized spacial score (nSPS) is 18.3. The van der Waals surface area contributed by atoms with Crippen LogP contribution in [0.2, 0.25) is 0 Å². The highest BCUT2D eigenvalue weighted by Crippen LogP contribution is 2.29. The van der Waals surface area contributed by atoms with E-state index in [2.05, 4.69) is 0 Å². The molecule has 1 saturated heterocycles. The lowest BCUT2D eigenvalue weighted by Gasteiger charge is -2.31. The number of carbonyl (C=O) groups is 1. The van der Waals surface area contributed by atoms with E-state index in [1.54, 1.807) is 19.1 Å². The van der Waals surface area contributed by atoms with E-state index in [4.69, 9.17) is 4.74 Å². The molecule has 2 aromatic carbocycles. The van der Waals surface area contributed by atoms with Crippen LogP contribution in [0.1, 0.15) is 28.8 Å². The molecule has 7 heteroatoms. The molecule has 1 atom stereocenters. The number of hydrogen-bond donors (Lipinski definition) is 0. The summed E-state index contributed by atoms with van der Waals surface area (Å²) in [6, 6.07) is 10.2. The van der Waals surface area contributed by atoms with Crippen LogP contribution >= 0.6 is 0 Å². The number of Topliss-reactive ketones (excluding diaryl/α,β-unsaturated/α-hetero) is 1. The minimum absolute atomic E-state index is 0.129. The number of methoxy groups -OCH3 is 1. The molecule has 3 rings (SSSR count). The van der Waals surface area contributed by atoms with Crippen molar-refractivity contribution < 1.29 is 22.3 Å². The SMILES string of the molecule is COc1ccc(S(=O)(=O)N2CCCC(C(=O)c3ccc(F)cc3)C2)c(C)c1. The number of ketones is 1. The Kier molecular flexibility index (Phi) is 5.62. The zero-order valence-corrected chi connectivity index (χ0v) is 16.1. The molecule has 0 saturated carbocycles.